The summed E-state index contributed by atoms with van der Waals surface area (Å²) < 4.78 is 6.82. The van der Waals surface area contributed by atoms with Crippen molar-refractivity contribution in [2.75, 3.05) is 11.4 Å². The van der Waals surface area contributed by atoms with Gasteiger partial charge in [0.25, 0.3) is 5.91 Å². The van der Waals surface area contributed by atoms with Gasteiger partial charge in [0.1, 0.15) is 5.58 Å². The number of fused-ring (bicyclic) bond motifs is 2. The van der Waals surface area contributed by atoms with Crippen LogP contribution in [0.5, 0.6) is 0 Å². The smallest absolute Gasteiger partial charge is 0.296 e. The van der Waals surface area contributed by atoms with Crippen molar-refractivity contribution in [3.05, 3.63) is 58.8 Å². The van der Waals surface area contributed by atoms with Gasteiger partial charge < -0.3 is 4.42 Å². The molecular formula is C19H15ClN2O2S. The molecule has 4 rings (SSSR count). The number of hydrogen-bond donors (Lipinski definition) is 0. The number of carbonyl (C=O) groups is 1. The van der Waals surface area contributed by atoms with E-state index in [1.54, 1.807) is 4.90 Å². The molecule has 4 aromatic rings. The molecule has 25 heavy (non-hydrogen) atoms. The van der Waals surface area contributed by atoms with Gasteiger partial charge in [-0.05, 0) is 38.1 Å². The highest BCUT2D eigenvalue weighted by atomic mass is 35.5. The fourth-order valence-electron chi connectivity index (χ4n) is 2.87. The number of carbonyl (C=O) groups excluding carboxylic acids is 1. The second-order valence-electron chi connectivity index (χ2n) is 5.71. The first-order valence-electron chi connectivity index (χ1n) is 7.94. The first-order chi connectivity index (χ1) is 12.1. The van der Waals surface area contributed by atoms with Gasteiger partial charge >= 0.3 is 0 Å². The highest BCUT2D eigenvalue weighted by molar-refractivity contribution is 7.22. The highest BCUT2D eigenvalue weighted by Gasteiger charge is 2.25. The van der Waals surface area contributed by atoms with E-state index in [0.717, 1.165) is 26.7 Å². The van der Waals surface area contributed by atoms with Gasteiger partial charge in [-0.25, -0.2) is 4.98 Å². The summed E-state index contributed by atoms with van der Waals surface area (Å²) in [7, 11) is 0. The predicted molar refractivity (Wildman–Crippen MR) is 103 cm³/mol. The van der Waals surface area contributed by atoms with Gasteiger partial charge in [-0.2, -0.15) is 0 Å². The number of para-hydroxylation sites is 1. The number of thiazole rings is 1. The minimum Gasteiger partial charge on any atom is -0.451 e. The number of hydrogen-bond acceptors (Lipinski definition) is 4. The Kier molecular flexibility index (Phi) is 3.98. The van der Waals surface area contributed by atoms with E-state index in [4.69, 9.17) is 16.0 Å². The molecule has 0 radical (unpaired) electrons. The standard InChI is InChI=1S/C19H15ClN2O2S/c1-3-22(19-21-14-10-12(20)8-9-16(14)25-19)18(23)17-11(2)13-6-4-5-7-15(13)24-17/h4-10H,3H2,1-2H3. The summed E-state index contributed by atoms with van der Waals surface area (Å²) in [4.78, 5) is 19.3. The first-order valence-corrected chi connectivity index (χ1v) is 9.14. The van der Waals surface area contributed by atoms with Crippen molar-refractivity contribution >= 4 is 55.2 Å². The number of aromatic nitrogens is 1. The second kappa shape index (κ2) is 6.17. The summed E-state index contributed by atoms with van der Waals surface area (Å²) in [5.41, 5.74) is 2.36. The lowest BCUT2D eigenvalue weighted by atomic mass is 10.1. The van der Waals surface area contributed by atoms with Crippen LogP contribution in [0.15, 0.2) is 46.9 Å². The molecule has 0 unspecified atom stereocenters. The van der Waals surface area contributed by atoms with E-state index in [-0.39, 0.29) is 5.91 Å². The van der Waals surface area contributed by atoms with Crippen LogP contribution in [0.2, 0.25) is 5.02 Å². The fourth-order valence-corrected chi connectivity index (χ4v) is 4.04. The van der Waals surface area contributed by atoms with E-state index < -0.39 is 0 Å². The minimum atomic E-state index is -0.179. The van der Waals surface area contributed by atoms with E-state index in [1.807, 2.05) is 56.3 Å². The molecule has 2 aromatic carbocycles. The SMILES string of the molecule is CCN(C(=O)c1oc2ccccc2c1C)c1nc2cc(Cl)ccc2s1. The molecule has 2 aromatic heterocycles. The van der Waals surface area contributed by atoms with E-state index in [9.17, 15) is 4.79 Å². The Labute approximate surface area is 153 Å². The van der Waals surface area contributed by atoms with E-state index in [1.165, 1.54) is 11.3 Å². The van der Waals surface area contributed by atoms with E-state index in [0.29, 0.717) is 22.5 Å². The summed E-state index contributed by atoms with van der Waals surface area (Å²) in [6.07, 6.45) is 0. The molecule has 2 heterocycles. The van der Waals surface area contributed by atoms with Gasteiger partial charge in [-0.15, -0.1) is 0 Å². The predicted octanol–water partition coefficient (Wildman–Crippen LogP) is 5.67. The van der Waals surface area contributed by atoms with Crippen LogP contribution in [0.25, 0.3) is 21.2 Å². The number of anilines is 1. The molecule has 0 saturated heterocycles. The molecule has 0 aliphatic rings. The summed E-state index contributed by atoms with van der Waals surface area (Å²) in [5, 5.41) is 2.23. The van der Waals surface area contributed by atoms with Gasteiger partial charge in [-0.3, -0.25) is 9.69 Å². The summed E-state index contributed by atoms with van der Waals surface area (Å²) in [6.45, 7) is 4.34. The average molecular weight is 371 g/mol. The van der Waals surface area contributed by atoms with E-state index in [2.05, 4.69) is 4.98 Å². The van der Waals surface area contributed by atoms with Crippen LogP contribution in [-0.2, 0) is 0 Å². The third-order valence-corrected chi connectivity index (χ3v) is 5.46. The van der Waals surface area contributed by atoms with Crippen molar-refractivity contribution in [1.82, 2.24) is 4.98 Å². The summed E-state index contributed by atoms with van der Waals surface area (Å²) >= 11 is 7.50. The van der Waals surface area contributed by atoms with Crippen LogP contribution in [0, 0.1) is 6.92 Å². The third kappa shape index (κ3) is 2.69. The van der Waals surface area contributed by atoms with Gasteiger partial charge in [-0.1, -0.05) is 41.1 Å². The average Bonchev–Trinajstić information content (AvgIpc) is 3.16. The molecule has 126 valence electrons. The Morgan fingerprint density at radius 3 is 2.84 bits per heavy atom. The number of aryl methyl sites for hydroxylation is 1. The number of rotatable bonds is 3. The van der Waals surface area contributed by atoms with Crippen molar-refractivity contribution in [2.24, 2.45) is 0 Å². The lowest BCUT2D eigenvalue weighted by molar-refractivity contribution is 0.0963. The lowest BCUT2D eigenvalue weighted by Crippen LogP contribution is -2.30. The van der Waals surface area contributed by atoms with Gasteiger partial charge in [0.05, 0.1) is 10.2 Å². The molecule has 6 heteroatoms. The zero-order valence-electron chi connectivity index (χ0n) is 13.7. The third-order valence-electron chi connectivity index (χ3n) is 4.17. The highest BCUT2D eigenvalue weighted by Crippen LogP contribution is 2.33. The van der Waals surface area contributed by atoms with Crippen LogP contribution < -0.4 is 4.90 Å². The van der Waals surface area contributed by atoms with Gasteiger partial charge in [0.15, 0.2) is 10.9 Å². The van der Waals surface area contributed by atoms with Crippen LogP contribution in [0.4, 0.5) is 5.13 Å². The van der Waals surface area contributed by atoms with Crippen LogP contribution in [0.1, 0.15) is 23.0 Å². The number of halogens is 1. The normalized spacial score (nSPS) is 11.3. The van der Waals surface area contributed by atoms with E-state index >= 15 is 0 Å². The monoisotopic (exact) mass is 370 g/mol. The van der Waals surface area contributed by atoms with Crippen molar-refractivity contribution in [1.29, 1.82) is 0 Å². The molecule has 0 atom stereocenters. The number of nitrogens with zero attached hydrogens (tertiary/aromatic N) is 2. The zero-order chi connectivity index (χ0) is 17.6. The molecular weight excluding hydrogens is 356 g/mol. The second-order valence-corrected chi connectivity index (χ2v) is 7.16. The molecule has 0 spiro atoms. The number of furan rings is 1. The van der Waals surface area contributed by atoms with Gasteiger partial charge in [0, 0.05) is 22.5 Å². The molecule has 0 saturated carbocycles. The molecule has 0 fully saturated rings. The minimum absolute atomic E-state index is 0.179. The quantitative estimate of drug-likeness (QED) is 0.466. The maximum Gasteiger partial charge on any atom is 0.296 e. The molecule has 0 aliphatic carbocycles. The Morgan fingerprint density at radius 2 is 2.08 bits per heavy atom. The summed E-state index contributed by atoms with van der Waals surface area (Å²) in [5.74, 6) is 0.182. The molecule has 1 amide bonds. The Balaban J connectivity index is 1.78. The van der Waals surface area contributed by atoms with Crippen molar-refractivity contribution in [3.8, 4) is 0 Å². The van der Waals surface area contributed by atoms with Crippen LogP contribution in [-0.4, -0.2) is 17.4 Å². The number of benzene rings is 2. The molecule has 0 aliphatic heterocycles. The Hall–Kier alpha value is -2.37. The van der Waals surface area contributed by atoms with Crippen LogP contribution in [0.3, 0.4) is 0 Å². The molecule has 0 N–H and O–H groups in total. The molecule has 4 nitrogen and oxygen atoms in total. The molecule has 0 bridgehead atoms. The summed E-state index contributed by atoms with van der Waals surface area (Å²) in [6, 6.07) is 13.2. The van der Waals surface area contributed by atoms with Crippen LogP contribution >= 0.6 is 22.9 Å². The first kappa shape index (κ1) is 16.1. The van der Waals surface area contributed by atoms with Crippen molar-refractivity contribution in [3.63, 3.8) is 0 Å². The zero-order valence-corrected chi connectivity index (χ0v) is 15.3. The number of amides is 1. The fraction of sp³-hybridized carbons (Fsp3) is 0.158. The maximum absolute atomic E-state index is 13.1. The Bertz CT molecular complexity index is 1100. The van der Waals surface area contributed by atoms with Crippen molar-refractivity contribution < 1.29 is 9.21 Å². The van der Waals surface area contributed by atoms with Gasteiger partial charge in [0.2, 0.25) is 0 Å². The largest absolute Gasteiger partial charge is 0.451 e. The Morgan fingerprint density at radius 1 is 1.28 bits per heavy atom. The topological polar surface area (TPSA) is 46.3 Å². The maximum atomic E-state index is 13.1. The lowest BCUT2D eigenvalue weighted by Gasteiger charge is -2.16. The van der Waals surface area contributed by atoms with Crippen molar-refractivity contribution in [2.45, 2.75) is 13.8 Å².